The van der Waals surface area contributed by atoms with Crippen molar-refractivity contribution >= 4 is 22.6 Å². The molecule has 1 aliphatic rings. The lowest BCUT2D eigenvalue weighted by Gasteiger charge is -2.33. The number of carbonyl (C=O) groups is 1. The SMILES string of the molecule is COc1cc2c(Oc3ccc(NC(=O)NCCC(C)(C)C)cc3)ccnc2cc1OCC(O)CN1CCC(c2ccccc2)CC1. The van der Waals surface area contributed by atoms with Gasteiger partial charge in [0, 0.05) is 36.4 Å². The van der Waals surface area contributed by atoms with E-state index >= 15 is 0 Å². The van der Waals surface area contributed by atoms with E-state index in [1.54, 1.807) is 43.6 Å². The number of nitrogens with one attached hydrogen (secondary N) is 2. The van der Waals surface area contributed by atoms with Gasteiger partial charge in [-0.2, -0.15) is 0 Å². The van der Waals surface area contributed by atoms with Crippen LogP contribution in [0.1, 0.15) is 51.5 Å². The van der Waals surface area contributed by atoms with Gasteiger partial charge >= 0.3 is 6.03 Å². The summed E-state index contributed by atoms with van der Waals surface area (Å²) in [7, 11) is 1.59. The van der Waals surface area contributed by atoms with Crippen molar-refractivity contribution in [3.63, 3.8) is 0 Å². The average molecular weight is 627 g/mol. The average Bonchev–Trinajstić information content (AvgIpc) is 3.04. The van der Waals surface area contributed by atoms with Gasteiger partial charge < -0.3 is 34.9 Å². The minimum Gasteiger partial charge on any atom is -0.493 e. The van der Waals surface area contributed by atoms with Crippen molar-refractivity contribution in [1.82, 2.24) is 15.2 Å². The van der Waals surface area contributed by atoms with Gasteiger partial charge in [-0.05, 0) is 85.6 Å². The molecule has 2 heterocycles. The first-order valence-corrected chi connectivity index (χ1v) is 16.0. The van der Waals surface area contributed by atoms with Crippen LogP contribution < -0.4 is 24.8 Å². The van der Waals surface area contributed by atoms with Crippen LogP contribution in [0.3, 0.4) is 0 Å². The third-order valence-electron chi connectivity index (χ3n) is 8.25. The Morgan fingerprint density at radius 3 is 2.43 bits per heavy atom. The number of aromatic nitrogens is 1. The molecule has 244 valence electrons. The molecule has 9 heteroatoms. The summed E-state index contributed by atoms with van der Waals surface area (Å²) in [4.78, 5) is 19.1. The number of fused-ring (bicyclic) bond motifs is 1. The molecule has 3 N–H and O–H groups in total. The smallest absolute Gasteiger partial charge is 0.319 e. The lowest BCUT2D eigenvalue weighted by molar-refractivity contribution is 0.0586. The fourth-order valence-corrected chi connectivity index (χ4v) is 5.66. The van der Waals surface area contributed by atoms with Crippen LogP contribution in [0.15, 0.2) is 79.0 Å². The Hall–Kier alpha value is -4.34. The van der Waals surface area contributed by atoms with Crippen molar-refractivity contribution in [3.05, 3.63) is 84.6 Å². The summed E-state index contributed by atoms with van der Waals surface area (Å²) in [6.07, 6.45) is 4.11. The number of piperidine rings is 1. The molecule has 1 unspecified atom stereocenters. The number of amides is 2. The summed E-state index contributed by atoms with van der Waals surface area (Å²) in [5, 5.41) is 17.3. The highest BCUT2D eigenvalue weighted by Crippen LogP contribution is 2.37. The number of rotatable bonds is 12. The van der Waals surface area contributed by atoms with Crippen molar-refractivity contribution < 1.29 is 24.1 Å². The summed E-state index contributed by atoms with van der Waals surface area (Å²) < 4.78 is 17.9. The van der Waals surface area contributed by atoms with Crippen LogP contribution in [0.25, 0.3) is 10.9 Å². The van der Waals surface area contributed by atoms with E-state index in [4.69, 9.17) is 14.2 Å². The molecule has 4 aromatic rings. The van der Waals surface area contributed by atoms with Crippen molar-refractivity contribution in [1.29, 1.82) is 0 Å². The molecule has 1 aromatic heterocycles. The number of aliphatic hydroxyl groups excluding tert-OH is 1. The highest BCUT2D eigenvalue weighted by Gasteiger charge is 2.23. The summed E-state index contributed by atoms with van der Waals surface area (Å²) in [5.41, 5.74) is 2.90. The Bertz CT molecular complexity index is 1570. The number of β-amino-alcohol motifs (C(OH)–C–C–N with tert-alkyl or cyclic N) is 1. The highest BCUT2D eigenvalue weighted by atomic mass is 16.5. The monoisotopic (exact) mass is 626 g/mol. The summed E-state index contributed by atoms with van der Waals surface area (Å²) in [6, 6.07) is 23.1. The van der Waals surface area contributed by atoms with Gasteiger partial charge in [-0.1, -0.05) is 51.1 Å². The number of pyridine rings is 1. The van der Waals surface area contributed by atoms with Crippen LogP contribution >= 0.6 is 0 Å². The Labute approximate surface area is 271 Å². The van der Waals surface area contributed by atoms with E-state index in [1.807, 2.05) is 12.1 Å². The number of ether oxygens (including phenoxy) is 3. The molecule has 1 aliphatic heterocycles. The maximum atomic E-state index is 12.2. The first-order valence-electron chi connectivity index (χ1n) is 16.0. The molecular weight excluding hydrogens is 580 g/mol. The van der Waals surface area contributed by atoms with Gasteiger partial charge in [0.2, 0.25) is 0 Å². The number of urea groups is 1. The summed E-state index contributed by atoms with van der Waals surface area (Å²) in [5.74, 6) is 2.83. The van der Waals surface area contributed by atoms with Crippen molar-refractivity contribution in [2.45, 2.75) is 52.1 Å². The largest absolute Gasteiger partial charge is 0.493 e. The highest BCUT2D eigenvalue weighted by molar-refractivity contribution is 5.89. The molecule has 0 bridgehead atoms. The molecular formula is C37H46N4O5. The van der Waals surface area contributed by atoms with Gasteiger partial charge in [-0.25, -0.2) is 4.79 Å². The number of methoxy groups -OCH3 is 1. The number of likely N-dealkylation sites (tertiary alicyclic amines) is 1. The van der Waals surface area contributed by atoms with E-state index in [2.05, 4.69) is 71.6 Å². The Morgan fingerprint density at radius 1 is 1.00 bits per heavy atom. The third kappa shape index (κ3) is 9.34. The van der Waals surface area contributed by atoms with Crippen LogP contribution in [-0.4, -0.2) is 67.0 Å². The van der Waals surface area contributed by atoms with Crippen LogP contribution in [0.4, 0.5) is 10.5 Å². The number of aliphatic hydroxyl groups is 1. The van der Waals surface area contributed by atoms with E-state index in [-0.39, 0.29) is 18.1 Å². The molecule has 5 rings (SSSR count). The number of benzene rings is 3. The van der Waals surface area contributed by atoms with Gasteiger partial charge in [0.1, 0.15) is 24.2 Å². The molecule has 1 atom stereocenters. The maximum absolute atomic E-state index is 12.2. The number of anilines is 1. The second-order valence-electron chi connectivity index (χ2n) is 13.1. The molecule has 1 saturated heterocycles. The number of nitrogens with zero attached hydrogens (tertiary/aromatic N) is 2. The Balaban J connectivity index is 1.15. The summed E-state index contributed by atoms with van der Waals surface area (Å²) in [6.45, 7) is 9.65. The van der Waals surface area contributed by atoms with E-state index in [1.165, 1.54) is 5.56 Å². The van der Waals surface area contributed by atoms with Crippen LogP contribution in [0, 0.1) is 5.41 Å². The maximum Gasteiger partial charge on any atom is 0.319 e. The minimum atomic E-state index is -0.636. The van der Waals surface area contributed by atoms with E-state index in [0.717, 1.165) is 37.7 Å². The van der Waals surface area contributed by atoms with Crippen molar-refractivity contribution in [3.8, 4) is 23.0 Å². The molecule has 0 saturated carbocycles. The first kappa shape index (κ1) is 33.0. The second kappa shape index (κ2) is 15.3. The standard InChI is InChI=1S/C37H46N4O5/c1-37(2,3)17-19-39-36(43)40-28-10-12-30(13-11-28)46-33-14-18-38-32-23-35(34(44-4)22-31(32)33)45-25-29(42)24-41-20-15-27(16-21-41)26-8-6-5-7-9-26/h5-14,18,22-23,27,29,42H,15-17,19-21,24-25H2,1-4H3,(H2,39,40,43). The molecule has 3 aromatic carbocycles. The minimum absolute atomic E-state index is 0.145. The first-order chi connectivity index (χ1) is 22.2. The van der Waals surface area contributed by atoms with Gasteiger partial charge in [0.05, 0.1) is 12.6 Å². The zero-order valence-corrected chi connectivity index (χ0v) is 27.3. The fraction of sp³-hybridized carbons (Fsp3) is 0.405. The number of hydrogen-bond acceptors (Lipinski definition) is 7. The third-order valence-corrected chi connectivity index (χ3v) is 8.25. The van der Waals surface area contributed by atoms with Gasteiger partial charge in [0.25, 0.3) is 0 Å². The predicted octanol–water partition coefficient (Wildman–Crippen LogP) is 7.21. The van der Waals surface area contributed by atoms with Gasteiger partial charge in [-0.3, -0.25) is 4.98 Å². The zero-order chi connectivity index (χ0) is 32.5. The predicted molar refractivity (Wildman–Crippen MR) is 182 cm³/mol. The fourth-order valence-electron chi connectivity index (χ4n) is 5.66. The van der Waals surface area contributed by atoms with Crippen molar-refractivity contribution in [2.75, 3.05) is 45.2 Å². The Morgan fingerprint density at radius 2 is 1.74 bits per heavy atom. The van der Waals surface area contributed by atoms with Crippen molar-refractivity contribution in [2.24, 2.45) is 5.41 Å². The molecule has 1 fully saturated rings. The lowest BCUT2D eigenvalue weighted by atomic mass is 9.89. The lowest BCUT2D eigenvalue weighted by Crippen LogP contribution is -2.40. The number of carbonyl (C=O) groups excluding carboxylic acids is 1. The van der Waals surface area contributed by atoms with Gasteiger partial charge in [0.15, 0.2) is 11.5 Å². The molecule has 2 amide bonds. The Kier molecular flexibility index (Phi) is 11.0. The van der Waals surface area contributed by atoms with E-state index in [0.29, 0.717) is 53.2 Å². The zero-order valence-electron chi connectivity index (χ0n) is 27.3. The number of hydrogen-bond donors (Lipinski definition) is 3. The molecule has 0 spiro atoms. The normalized spacial score (nSPS) is 14.9. The quantitative estimate of drug-likeness (QED) is 0.153. The molecule has 46 heavy (non-hydrogen) atoms. The van der Waals surface area contributed by atoms with Gasteiger partial charge in [-0.15, -0.1) is 0 Å². The molecule has 9 nitrogen and oxygen atoms in total. The second-order valence-corrected chi connectivity index (χ2v) is 13.1. The molecule has 0 radical (unpaired) electrons. The van der Waals surface area contributed by atoms with E-state index in [9.17, 15) is 9.90 Å². The molecule has 0 aliphatic carbocycles. The van der Waals surface area contributed by atoms with Crippen LogP contribution in [0.5, 0.6) is 23.0 Å². The topological polar surface area (TPSA) is 105 Å². The summed E-state index contributed by atoms with van der Waals surface area (Å²) >= 11 is 0. The van der Waals surface area contributed by atoms with E-state index < -0.39 is 6.10 Å². The van der Waals surface area contributed by atoms with Crippen LogP contribution in [0.2, 0.25) is 0 Å². The van der Waals surface area contributed by atoms with Crippen LogP contribution in [-0.2, 0) is 0 Å².